The lowest BCUT2D eigenvalue weighted by atomic mass is 10.0. The number of hydrogen-bond acceptors (Lipinski definition) is 7. The van der Waals surface area contributed by atoms with Crippen LogP contribution in [0.3, 0.4) is 0 Å². The van der Waals surface area contributed by atoms with Crippen LogP contribution in [0.15, 0.2) is 54.6 Å². The van der Waals surface area contributed by atoms with Gasteiger partial charge in [-0.2, -0.15) is 0 Å². The monoisotopic (exact) mass is 630 g/mol. The molecule has 0 aliphatic carbocycles. The minimum Gasteiger partial charge on any atom is -0.445 e. The van der Waals surface area contributed by atoms with Crippen molar-refractivity contribution in [2.24, 2.45) is 0 Å². The highest BCUT2D eigenvalue weighted by molar-refractivity contribution is 7.46. The number of carbonyl (C=O) groups is 4. The molecule has 13 nitrogen and oxygen atoms in total. The number of rotatable bonds is 12. The van der Waals surface area contributed by atoms with E-state index in [0.29, 0.717) is 31.4 Å². The Kier molecular flexibility index (Phi) is 11.4. The van der Waals surface area contributed by atoms with E-state index in [-0.39, 0.29) is 36.6 Å². The molecule has 0 radical (unpaired) electrons. The summed E-state index contributed by atoms with van der Waals surface area (Å²) in [4.78, 5) is 72.7. The van der Waals surface area contributed by atoms with Crippen LogP contribution in [0.2, 0.25) is 0 Å². The zero-order chi connectivity index (χ0) is 31.7. The lowest BCUT2D eigenvalue weighted by Gasteiger charge is -2.31. The Balaban J connectivity index is 1.47. The van der Waals surface area contributed by atoms with Crippen molar-refractivity contribution >= 4 is 31.6 Å². The van der Waals surface area contributed by atoms with Crippen LogP contribution in [0.25, 0.3) is 0 Å². The molecular weight excluding hydrogens is 591 g/mol. The van der Waals surface area contributed by atoms with E-state index in [2.05, 4.69) is 20.5 Å². The fourth-order valence-corrected chi connectivity index (χ4v) is 5.96. The van der Waals surface area contributed by atoms with E-state index in [1.54, 1.807) is 29.2 Å². The zero-order valence-corrected chi connectivity index (χ0v) is 25.4. The maximum Gasteiger partial charge on any atom is 0.524 e. The van der Waals surface area contributed by atoms with Crippen LogP contribution >= 0.6 is 7.82 Å². The number of nitrogens with zero attached hydrogens (tertiary/aromatic N) is 1. The molecule has 0 spiro atoms. The second-order valence-electron chi connectivity index (χ2n) is 11.0. The van der Waals surface area contributed by atoms with Gasteiger partial charge in [0.25, 0.3) is 0 Å². The van der Waals surface area contributed by atoms with Crippen LogP contribution in [0, 0.1) is 0 Å². The first-order valence-corrected chi connectivity index (χ1v) is 16.3. The van der Waals surface area contributed by atoms with Gasteiger partial charge in [0.15, 0.2) is 0 Å². The van der Waals surface area contributed by atoms with Crippen LogP contribution < -0.4 is 20.5 Å². The number of benzene rings is 2. The number of fused-ring (bicyclic) bond motifs is 1. The lowest BCUT2D eigenvalue weighted by molar-refractivity contribution is -0.142. The fraction of sp³-hybridized carbons (Fsp3) is 0.467. The lowest BCUT2D eigenvalue weighted by Crippen LogP contribution is -2.57. The molecule has 0 bridgehead atoms. The number of phosphoric ester groups is 1. The van der Waals surface area contributed by atoms with Crippen molar-refractivity contribution in [3.63, 3.8) is 0 Å². The molecule has 2 aliphatic heterocycles. The van der Waals surface area contributed by atoms with E-state index >= 15 is 0 Å². The average molecular weight is 631 g/mol. The van der Waals surface area contributed by atoms with E-state index in [1.807, 2.05) is 13.0 Å². The quantitative estimate of drug-likeness (QED) is 0.220. The van der Waals surface area contributed by atoms with Crippen molar-refractivity contribution in [1.29, 1.82) is 0 Å². The maximum absolute atomic E-state index is 13.7. The van der Waals surface area contributed by atoms with Crippen molar-refractivity contribution in [2.75, 3.05) is 6.54 Å². The van der Waals surface area contributed by atoms with Crippen LogP contribution in [0.5, 0.6) is 5.75 Å². The normalized spacial score (nSPS) is 20.6. The fourth-order valence-electron chi connectivity index (χ4n) is 5.57. The summed E-state index contributed by atoms with van der Waals surface area (Å²) in [5.74, 6) is -1.19. The largest absolute Gasteiger partial charge is 0.524 e. The number of ether oxygens (including phenoxy) is 1. The minimum absolute atomic E-state index is 0.0161. The van der Waals surface area contributed by atoms with Crippen LogP contribution in [-0.2, 0) is 36.7 Å². The SMILES string of the molecule is CCCNC(=O)[C@@H]1CCC2CCC[C@H](NC(=O)[C@H](Cc3ccc(OP(=O)(O)O)cc3)NC(=O)OCc3ccccc3)C(=O)N21. The molecular formula is C30H39N4O9P. The Hall–Kier alpha value is -3.93. The number of hydrogen-bond donors (Lipinski definition) is 5. The number of nitrogens with one attached hydrogen (secondary N) is 3. The highest BCUT2D eigenvalue weighted by atomic mass is 31.2. The van der Waals surface area contributed by atoms with Gasteiger partial charge in [0.1, 0.15) is 30.5 Å². The minimum atomic E-state index is -4.75. The molecule has 14 heteroatoms. The Labute approximate surface area is 255 Å². The zero-order valence-electron chi connectivity index (χ0n) is 24.5. The molecule has 2 aromatic carbocycles. The average Bonchev–Trinajstić information content (AvgIpc) is 3.35. The van der Waals surface area contributed by atoms with Crippen LogP contribution in [-0.4, -0.2) is 69.2 Å². The Morgan fingerprint density at radius 3 is 2.41 bits per heavy atom. The second kappa shape index (κ2) is 15.2. The predicted molar refractivity (Wildman–Crippen MR) is 159 cm³/mol. The van der Waals surface area contributed by atoms with E-state index in [9.17, 15) is 23.7 Å². The van der Waals surface area contributed by atoms with Gasteiger partial charge in [-0.25, -0.2) is 9.36 Å². The molecule has 0 saturated carbocycles. The second-order valence-corrected chi connectivity index (χ2v) is 12.1. The topological polar surface area (TPSA) is 184 Å². The molecule has 4 amide bonds. The van der Waals surface area contributed by atoms with Gasteiger partial charge in [0.2, 0.25) is 17.7 Å². The van der Waals surface area contributed by atoms with Crippen LogP contribution in [0.1, 0.15) is 56.6 Å². The molecule has 1 unspecified atom stereocenters. The van der Waals surface area contributed by atoms with E-state index in [1.165, 1.54) is 24.3 Å². The molecule has 2 heterocycles. The van der Waals surface area contributed by atoms with Gasteiger partial charge in [0, 0.05) is 19.0 Å². The third-order valence-corrected chi connectivity index (χ3v) is 8.11. The van der Waals surface area contributed by atoms with Crippen molar-refractivity contribution in [1.82, 2.24) is 20.9 Å². The van der Waals surface area contributed by atoms with Gasteiger partial charge in [-0.1, -0.05) is 49.4 Å². The summed E-state index contributed by atoms with van der Waals surface area (Å²) >= 11 is 0. The van der Waals surface area contributed by atoms with Gasteiger partial charge < -0.3 is 30.1 Å². The molecule has 0 aromatic heterocycles. The van der Waals surface area contributed by atoms with Crippen LogP contribution in [0.4, 0.5) is 4.79 Å². The predicted octanol–water partition coefficient (Wildman–Crippen LogP) is 2.55. The Morgan fingerprint density at radius 1 is 1.00 bits per heavy atom. The molecule has 5 N–H and O–H groups in total. The maximum atomic E-state index is 13.7. The smallest absolute Gasteiger partial charge is 0.445 e. The number of phosphoric acid groups is 1. The van der Waals surface area contributed by atoms with E-state index in [0.717, 1.165) is 24.8 Å². The Bertz CT molecular complexity index is 1350. The highest BCUT2D eigenvalue weighted by Gasteiger charge is 2.45. The standard InChI is InChI=1S/C30H39N4O9P/c1-2-17-31-28(36)26-16-13-22-9-6-10-24(29(37)34(22)26)32-27(35)25(33-30(38)42-19-21-7-4-3-5-8-21)18-20-11-14-23(15-12-20)43-44(39,40)41/h3-5,7-8,11-12,14-15,22,24-26H,2,6,9-10,13,16-19H2,1H3,(H,31,36)(H,32,35)(H,33,38)(H2,39,40,41)/t22?,24-,25-,26-/m0/s1. The van der Waals surface area contributed by atoms with E-state index < -0.39 is 37.9 Å². The molecule has 2 aliphatic rings. The number of alkyl carbamates (subject to hydrolysis) is 1. The van der Waals surface area contributed by atoms with Crippen molar-refractivity contribution in [3.8, 4) is 5.75 Å². The van der Waals surface area contributed by atoms with Crippen molar-refractivity contribution < 1.29 is 42.8 Å². The molecule has 4 atom stereocenters. The molecule has 44 heavy (non-hydrogen) atoms. The van der Waals surface area contributed by atoms with Crippen molar-refractivity contribution in [2.45, 2.75) is 82.6 Å². The van der Waals surface area contributed by atoms with Gasteiger partial charge in [0.05, 0.1) is 0 Å². The van der Waals surface area contributed by atoms with Crippen molar-refractivity contribution in [3.05, 3.63) is 65.7 Å². The first-order valence-electron chi connectivity index (χ1n) is 14.8. The van der Waals surface area contributed by atoms with Gasteiger partial charge in [-0.15, -0.1) is 0 Å². The van der Waals surface area contributed by atoms with Gasteiger partial charge in [-0.3, -0.25) is 24.2 Å². The summed E-state index contributed by atoms with van der Waals surface area (Å²) < 4.78 is 21.1. The summed E-state index contributed by atoms with van der Waals surface area (Å²) in [5, 5.41) is 8.27. The Morgan fingerprint density at radius 2 is 1.73 bits per heavy atom. The third-order valence-electron chi connectivity index (χ3n) is 7.66. The summed E-state index contributed by atoms with van der Waals surface area (Å²) in [6.45, 7) is 2.45. The number of carbonyl (C=O) groups excluding carboxylic acids is 4. The number of amides is 4. The molecule has 238 valence electrons. The first kappa shape index (κ1) is 33.0. The van der Waals surface area contributed by atoms with Gasteiger partial charge >= 0.3 is 13.9 Å². The highest BCUT2D eigenvalue weighted by Crippen LogP contribution is 2.37. The molecule has 2 fully saturated rings. The molecule has 2 saturated heterocycles. The molecule has 2 aromatic rings. The first-order chi connectivity index (χ1) is 21.0. The summed E-state index contributed by atoms with van der Waals surface area (Å²) in [6, 6.07) is 12.0. The third kappa shape index (κ3) is 9.28. The molecule has 4 rings (SSSR count). The summed E-state index contributed by atoms with van der Waals surface area (Å²) in [5.41, 5.74) is 1.30. The van der Waals surface area contributed by atoms with Gasteiger partial charge in [-0.05, 0) is 61.8 Å². The summed E-state index contributed by atoms with van der Waals surface area (Å²) in [6.07, 6.45) is 3.00. The van der Waals surface area contributed by atoms with E-state index in [4.69, 9.17) is 14.5 Å². The summed E-state index contributed by atoms with van der Waals surface area (Å²) in [7, 11) is -4.75.